The van der Waals surface area contributed by atoms with Gasteiger partial charge in [-0.05, 0) is 43.7 Å². The highest BCUT2D eigenvalue weighted by molar-refractivity contribution is 5.05. The Morgan fingerprint density at radius 2 is 1.89 bits per heavy atom. The maximum absolute atomic E-state index is 12.6. The van der Waals surface area contributed by atoms with Crippen LogP contribution in [0, 0.1) is 11.8 Å². The first-order valence-corrected chi connectivity index (χ1v) is 6.69. The first-order valence-electron chi connectivity index (χ1n) is 6.69. The fraction of sp³-hybridized carbons (Fsp3) is 0.643. The first kappa shape index (κ1) is 14.3. The summed E-state index contributed by atoms with van der Waals surface area (Å²) in [5, 5.41) is 0. The van der Waals surface area contributed by atoms with Gasteiger partial charge in [-0.2, -0.15) is 13.2 Å². The molecule has 1 fully saturated rings. The first-order chi connectivity index (χ1) is 8.97. The molecule has 1 aliphatic rings. The zero-order valence-corrected chi connectivity index (χ0v) is 10.7. The number of rotatable bonds is 3. The van der Waals surface area contributed by atoms with Gasteiger partial charge in [-0.15, -0.1) is 0 Å². The van der Waals surface area contributed by atoms with Crippen LogP contribution in [0.1, 0.15) is 31.4 Å². The van der Waals surface area contributed by atoms with E-state index in [0.29, 0.717) is 19.3 Å². The summed E-state index contributed by atoms with van der Waals surface area (Å²) in [5.74, 6) is -0.952. The molecule has 2 nitrogen and oxygen atoms in total. The lowest BCUT2D eigenvalue weighted by atomic mass is 9.77. The van der Waals surface area contributed by atoms with E-state index in [1.807, 2.05) is 18.2 Å². The van der Waals surface area contributed by atoms with Gasteiger partial charge in [0.25, 0.3) is 0 Å². The lowest BCUT2D eigenvalue weighted by Gasteiger charge is -2.32. The molecule has 1 aromatic rings. The number of alkyl halides is 3. The van der Waals surface area contributed by atoms with E-state index in [-0.39, 0.29) is 24.8 Å². The molecule has 1 unspecified atom stereocenters. The van der Waals surface area contributed by atoms with Crippen LogP contribution in [0.25, 0.3) is 0 Å². The Balaban J connectivity index is 1.84. The number of aromatic nitrogens is 1. The second-order valence-electron chi connectivity index (χ2n) is 5.34. The van der Waals surface area contributed by atoms with Crippen molar-refractivity contribution in [2.24, 2.45) is 17.6 Å². The van der Waals surface area contributed by atoms with E-state index in [4.69, 9.17) is 5.73 Å². The van der Waals surface area contributed by atoms with Gasteiger partial charge < -0.3 is 5.73 Å². The Morgan fingerprint density at radius 1 is 1.21 bits per heavy atom. The molecule has 0 radical (unpaired) electrons. The van der Waals surface area contributed by atoms with Crippen LogP contribution in [-0.2, 0) is 6.42 Å². The zero-order chi connectivity index (χ0) is 13.9. The van der Waals surface area contributed by atoms with E-state index in [1.54, 1.807) is 6.20 Å². The average Bonchev–Trinajstić information content (AvgIpc) is 2.39. The third-order valence-electron chi connectivity index (χ3n) is 4.01. The molecule has 5 heteroatoms. The van der Waals surface area contributed by atoms with Crippen molar-refractivity contribution in [3.63, 3.8) is 0 Å². The third-order valence-corrected chi connectivity index (χ3v) is 4.01. The molecule has 0 saturated heterocycles. The summed E-state index contributed by atoms with van der Waals surface area (Å²) >= 11 is 0. The van der Waals surface area contributed by atoms with Crippen molar-refractivity contribution in [3.8, 4) is 0 Å². The SMILES string of the molecule is NC(Cc1ccccn1)C1CCC(C(F)(F)F)CC1. The molecule has 0 aliphatic heterocycles. The number of hydrogen-bond donors (Lipinski definition) is 1. The van der Waals surface area contributed by atoms with Crippen molar-refractivity contribution in [2.75, 3.05) is 0 Å². The zero-order valence-electron chi connectivity index (χ0n) is 10.7. The summed E-state index contributed by atoms with van der Waals surface area (Å²) < 4.78 is 37.7. The van der Waals surface area contributed by atoms with E-state index in [9.17, 15) is 13.2 Å². The van der Waals surface area contributed by atoms with Gasteiger partial charge in [-0.3, -0.25) is 4.98 Å². The van der Waals surface area contributed by atoms with Gasteiger partial charge in [0.2, 0.25) is 0 Å². The van der Waals surface area contributed by atoms with E-state index < -0.39 is 12.1 Å². The van der Waals surface area contributed by atoms with Gasteiger partial charge in [0.1, 0.15) is 0 Å². The van der Waals surface area contributed by atoms with Crippen LogP contribution in [0.4, 0.5) is 13.2 Å². The summed E-state index contributed by atoms with van der Waals surface area (Å²) in [6, 6.07) is 5.55. The largest absolute Gasteiger partial charge is 0.391 e. The van der Waals surface area contributed by atoms with Crippen LogP contribution in [0.2, 0.25) is 0 Å². The van der Waals surface area contributed by atoms with Crippen molar-refractivity contribution in [1.29, 1.82) is 0 Å². The molecule has 1 heterocycles. The van der Waals surface area contributed by atoms with Crippen molar-refractivity contribution in [1.82, 2.24) is 4.98 Å². The monoisotopic (exact) mass is 272 g/mol. The standard InChI is InChI=1S/C14H19F3N2/c15-14(16,17)11-6-4-10(5-7-11)13(18)9-12-3-1-2-8-19-12/h1-3,8,10-11,13H,4-7,9,18H2. The lowest BCUT2D eigenvalue weighted by Crippen LogP contribution is -2.37. The number of hydrogen-bond acceptors (Lipinski definition) is 2. The van der Waals surface area contributed by atoms with Crippen LogP contribution in [0.3, 0.4) is 0 Å². The fourth-order valence-electron chi connectivity index (χ4n) is 2.80. The normalized spacial score (nSPS) is 26.1. The molecule has 2 rings (SSSR count). The van der Waals surface area contributed by atoms with Gasteiger partial charge in [0, 0.05) is 24.4 Å². The summed E-state index contributed by atoms with van der Waals surface area (Å²) in [6.45, 7) is 0. The Morgan fingerprint density at radius 3 is 2.42 bits per heavy atom. The Labute approximate surface area is 111 Å². The molecule has 1 aliphatic carbocycles. The molecule has 2 N–H and O–H groups in total. The predicted molar refractivity (Wildman–Crippen MR) is 67.4 cm³/mol. The van der Waals surface area contributed by atoms with E-state index in [0.717, 1.165) is 5.69 Å². The maximum atomic E-state index is 12.6. The molecule has 1 atom stereocenters. The molecular weight excluding hydrogens is 253 g/mol. The Kier molecular flexibility index (Phi) is 4.45. The van der Waals surface area contributed by atoms with Crippen molar-refractivity contribution < 1.29 is 13.2 Å². The third kappa shape index (κ3) is 3.93. The van der Waals surface area contributed by atoms with Gasteiger partial charge in [0.15, 0.2) is 0 Å². The molecule has 0 bridgehead atoms. The minimum atomic E-state index is -4.05. The molecule has 1 aromatic heterocycles. The van der Waals surface area contributed by atoms with Crippen molar-refractivity contribution in [3.05, 3.63) is 30.1 Å². The van der Waals surface area contributed by atoms with Gasteiger partial charge in [0.05, 0.1) is 5.92 Å². The van der Waals surface area contributed by atoms with Crippen molar-refractivity contribution in [2.45, 2.75) is 44.3 Å². The summed E-state index contributed by atoms with van der Waals surface area (Å²) in [4.78, 5) is 4.21. The lowest BCUT2D eigenvalue weighted by molar-refractivity contribution is -0.184. The van der Waals surface area contributed by atoms with Gasteiger partial charge in [-0.1, -0.05) is 6.07 Å². The maximum Gasteiger partial charge on any atom is 0.391 e. The fourth-order valence-corrected chi connectivity index (χ4v) is 2.80. The number of pyridine rings is 1. The minimum Gasteiger partial charge on any atom is -0.327 e. The Bertz CT molecular complexity index is 383. The van der Waals surface area contributed by atoms with Gasteiger partial charge >= 0.3 is 6.18 Å². The van der Waals surface area contributed by atoms with Gasteiger partial charge in [-0.25, -0.2) is 0 Å². The topological polar surface area (TPSA) is 38.9 Å². The highest BCUT2D eigenvalue weighted by Gasteiger charge is 2.42. The molecule has 0 amide bonds. The second-order valence-corrected chi connectivity index (χ2v) is 5.34. The second kappa shape index (κ2) is 5.90. The predicted octanol–water partition coefficient (Wildman–Crippen LogP) is 3.32. The van der Waals surface area contributed by atoms with Crippen LogP contribution in [0.5, 0.6) is 0 Å². The quantitative estimate of drug-likeness (QED) is 0.916. The summed E-state index contributed by atoms with van der Waals surface area (Å²) in [5.41, 5.74) is 7.02. The van der Waals surface area contributed by atoms with Crippen LogP contribution in [0.15, 0.2) is 24.4 Å². The highest BCUT2D eigenvalue weighted by Crippen LogP contribution is 2.40. The van der Waals surface area contributed by atoms with E-state index in [1.165, 1.54) is 0 Å². The number of halogens is 3. The number of nitrogens with zero attached hydrogens (tertiary/aromatic N) is 1. The molecule has 0 aromatic carbocycles. The molecule has 1 saturated carbocycles. The number of nitrogens with two attached hydrogens (primary N) is 1. The molecule has 106 valence electrons. The average molecular weight is 272 g/mol. The van der Waals surface area contributed by atoms with Crippen LogP contribution >= 0.6 is 0 Å². The summed E-state index contributed by atoms with van der Waals surface area (Å²) in [7, 11) is 0. The molecule has 0 spiro atoms. The minimum absolute atomic E-state index is 0.0934. The van der Waals surface area contributed by atoms with E-state index >= 15 is 0 Å². The highest BCUT2D eigenvalue weighted by atomic mass is 19.4. The van der Waals surface area contributed by atoms with Crippen LogP contribution in [-0.4, -0.2) is 17.2 Å². The van der Waals surface area contributed by atoms with Crippen LogP contribution < -0.4 is 5.73 Å². The smallest absolute Gasteiger partial charge is 0.327 e. The van der Waals surface area contributed by atoms with E-state index in [2.05, 4.69) is 4.98 Å². The van der Waals surface area contributed by atoms with Crippen molar-refractivity contribution >= 4 is 0 Å². The summed E-state index contributed by atoms with van der Waals surface area (Å²) in [6.07, 6.45) is -0.134. The molecular formula is C14H19F3N2. The Hall–Kier alpha value is -1.10. The molecule has 19 heavy (non-hydrogen) atoms.